The van der Waals surface area contributed by atoms with Crippen LogP contribution in [0, 0.1) is 0 Å². The molecule has 3 aromatic rings. The van der Waals surface area contributed by atoms with Gasteiger partial charge in [-0.15, -0.1) is 0 Å². The van der Waals surface area contributed by atoms with Crippen molar-refractivity contribution in [2.45, 2.75) is 26.4 Å². The van der Waals surface area contributed by atoms with Crippen LogP contribution in [-0.4, -0.2) is 21.9 Å². The first-order valence-corrected chi connectivity index (χ1v) is 10.2. The smallest absolute Gasteiger partial charge is 0.255 e. The third-order valence-corrected chi connectivity index (χ3v) is 5.43. The molecule has 0 atom stereocenters. The van der Waals surface area contributed by atoms with Gasteiger partial charge in [0, 0.05) is 35.0 Å². The Kier molecular flexibility index (Phi) is 7.06. The third-order valence-electron chi connectivity index (χ3n) is 4.52. The van der Waals surface area contributed by atoms with Crippen molar-refractivity contribution in [2.75, 3.05) is 6.54 Å². The number of carbonyl (C=O) groups excluding carboxylic acids is 1. The van der Waals surface area contributed by atoms with Crippen molar-refractivity contribution in [2.24, 2.45) is 0 Å². The van der Waals surface area contributed by atoms with E-state index >= 15 is 0 Å². The second-order valence-electron chi connectivity index (χ2n) is 6.57. The molecule has 1 aromatic heterocycles. The number of hydrogen-bond acceptors (Lipinski definition) is 1. The number of nitrogens with zero attached hydrogens (tertiary/aromatic N) is 2. The summed E-state index contributed by atoms with van der Waals surface area (Å²) in [6.45, 7) is 3.82. The Labute approximate surface area is 180 Å². The van der Waals surface area contributed by atoms with Gasteiger partial charge in [-0.25, -0.2) is 0 Å². The summed E-state index contributed by atoms with van der Waals surface area (Å²) in [7, 11) is 0. The molecule has 0 fully saturated rings. The Hall–Kier alpha value is -1.94. The fourth-order valence-corrected chi connectivity index (χ4v) is 3.79. The van der Waals surface area contributed by atoms with Crippen LogP contribution in [0.5, 0.6) is 0 Å². The molecule has 0 aliphatic rings. The standard InChI is InChI=1S/C22H21Cl3N2O/c1-2-11-27(22(28)19-10-9-17(23)13-21(19)25)15-18-7-5-12-26(18)14-16-6-3-4-8-20(16)24/h3-10,12-13H,2,11,14-15H2,1H3. The Balaban J connectivity index is 1.83. The number of aromatic nitrogens is 1. The van der Waals surface area contributed by atoms with Gasteiger partial charge in [-0.2, -0.15) is 0 Å². The largest absolute Gasteiger partial charge is 0.345 e. The number of rotatable bonds is 7. The van der Waals surface area contributed by atoms with Gasteiger partial charge < -0.3 is 9.47 Å². The summed E-state index contributed by atoms with van der Waals surface area (Å²) in [4.78, 5) is 14.9. The van der Waals surface area contributed by atoms with Gasteiger partial charge in [0.2, 0.25) is 0 Å². The molecular formula is C22H21Cl3N2O. The Morgan fingerprint density at radius 1 is 1.00 bits per heavy atom. The van der Waals surface area contributed by atoms with Gasteiger partial charge in [-0.3, -0.25) is 4.79 Å². The monoisotopic (exact) mass is 434 g/mol. The molecular weight excluding hydrogens is 415 g/mol. The van der Waals surface area contributed by atoms with Gasteiger partial charge in [0.15, 0.2) is 0 Å². The van der Waals surface area contributed by atoms with Crippen molar-refractivity contribution in [3.63, 3.8) is 0 Å². The molecule has 146 valence electrons. The number of halogens is 3. The molecule has 28 heavy (non-hydrogen) atoms. The fourth-order valence-electron chi connectivity index (χ4n) is 3.11. The summed E-state index contributed by atoms with van der Waals surface area (Å²) in [5.74, 6) is -0.103. The van der Waals surface area contributed by atoms with Gasteiger partial charge in [0.1, 0.15) is 0 Å². The van der Waals surface area contributed by atoms with Gasteiger partial charge in [-0.05, 0) is 48.4 Å². The zero-order chi connectivity index (χ0) is 20.1. The minimum absolute atomic E-state index is 0.103. The molecule has 0 aliphatic carbocycles. The molecule has 0 aliphatic heterocycles. The van der Waals surface area contributed by atoms with E-state index in [4.69, 9.17) is 34.8 Å². The summed E-state index contributed by atoms with van der Waals surface area (Å²) in [5.41, 5.74) is 2.53. The SMILES string of the molecule is CCCN(Cc1cccn1Cc1ccccc1Cl)C(=O)c1ccc(Cl)cc1Cl. The molecule has 0 spiro atoms. The van der Waals surface area contributed by atoms with Crippen LogP contribution in [-0.2, 0) is 13.1 Å². The van der Waals surface area contributed by atoms with Crippen molar-refractivity contribution in [1.29, 1.82) is 0 Å². The van der Waals surface area contributed by atoms with E-state index in [1.165, 1.54) is 0 Å². The van der Waals surface area contributed by atoms with Gasteiger partial charge >= 0.3 is 0 Å². The van der Waals surface area contributed by atoms with Crippen LogP contribution in [0.15, 0.2) is 60.8 Å². The van der Waals surface area contributed by atoms with E-state index in [2.05, 4.69) is 4.57 Å². The Morgan fingerprint density at radius 3 is 2.50 bits per heavy atom. The van der Waals surface area contributed by atoms with Crippen LogP contribution < -0.4 is 0 Å². The fraction of sp³-hybridized carbons (Fsp3) is 0.227. The molecule has 1 amide bonds. The molecule has 0 N–H and O–H groups in total. The highest BCUT2D eigenvalue weighted by Gasteiger charge is 2.19. The van der Waals surface area contributed by atoms with Crippen molar-refractivity contribution < 1.29 is 4.79 Å². The molecule has 1 heterocycles. The number of hydrogen-bond donors (Lipinski definition) is 0. The zero-order valence-electron chi connectivity index (χ0n) is 15.5. The van der Waals surface area contributed by atoms with E-state index in [-0.39, 0.29) is 5.91 Å². The van der Waals surface area contributed by atoms with Crippen LogP contribution in [0.3, 0.4) is 0 Å². The average molecular weight is 436 g/mol. The lowest BCUT2D eigenvalue weighted by Crippen LogP contribution is -2.32. The lowest BCUT2D eigenvalue weighted by molar-refractivity contribution is 0.0740. The summed E-state index contributed by atoms with van der Waals surface area (Å²) in [5, 5.41) is 1.61. The Bertz CT molecular complexity index is 968. The van der Waals surface area contributed by atoms with E-state index in [0.717, 1.165) is 22.7 Å². The molecule has 3 nitrogen and oxygen atoms in total. The van der Waals surface area contributed by atoms with Gasteiger partial charge in [0.05, 0.1) is 17.1 Å². The van der Waals surface area contributed by atoms with Gasteiger partial charge in [0.25, 0.3) is 5.91 Å². The van der Waals surface area contributed by atoms with E-state index in [1.807, 2.05) is 54.4 Å². The van der Waals surface area contributed by atoms with Crippen molar-refractivity contribution in [3.05, 3.63) is 92.7 Å². The maximum atomic E-state index is 13.1. The molecule has 3 rings (SSSR count). The maximum absolute atomic E-state index is 13.1. The first-order chi connectivity index (χ1) is 13.5. The number of carbonyl (C=O) groups is 1. The summed E-state index contributed by atoms with van der Waals surface area (Å²) >= 11 is 18.5. The molecule has 6 heteroatoms. The predicted molar refractivity (Wildman–Crippen MR) is 116 cm³/mol. The Morgan fingerprint density at radius 2 is 1.79 bits per heavy atom. The average Bonchev–Trinajstić information content (AvgIpc) is 3.09. The topological polar surface area (TPSA) is 25.2 Å². The van der Waals surface area contributed by atoms with E-state index < -0.39 is 0 Å². The predicted octanol–water partition coefficient (Wildman–Crippen LogP) is 6.55. The second-order valence-corrected chi connectivity index (χ2v) is 7.82. The van der Waals surface area contributed by atoms with Crippen LogP contribution in [0.2, 0.25) is 15.1 Å². The van der Waals surface area contributed by atoms with Crippen molar-refractivity contribution >= 4 is 40.7 Å². The van der Waals surface area contributed by atoms with E-state index in [9.17, 15) is 4.79 Å². The van der Waals surface area contributed by atoms with Gasteiger partial charge in [-0.1, -0.05) is 59.9 Å². The number of amides is 1. The van der Waals surface area contributed by atoms with Crippen molar-refractivity contribution in [1.82, 2.24) is 9.47 Å². The van der Waals surface area contributed by atoms with E-state index in [0.29, 0.717) is 35.2 Å². The molecule has 0 saturated heterocycles. The van der Waals surface area contributed by atoms with Crippen molar-refractivity contribution in [3.8, 4) is 0 Å². The number of benzene rings is 2. The molecule has 0 unspecified atom stereocenters. The van der Waals surface area contributed by atoms with Crippen LogP contribution >= 0.6 is 34.8 Å². The second kappa shape index (κ2) is 9.51. The summed E-state index contributed by atoms with van der Waals surface area (Å²) in [6, 6.07) is 16.8. The first kappa shape index (κ1) is 20.8. The quantitative estimate of drug-likeness (QED) is 0.413. The van der Waals surface area contributed by atoms with E-state index in [1.54, 1.807) is 18.2 Å². The molecule has 0 saturated carbocycles. The molecule has 0 radical (unpaired) electrons. The zero-order valence-corrected chi connectivity index (χ0v) is 17.8. The van der Waals surface area contributed by atoms with Crippen LogP contribution in [0.4, 0.5) is 0 Å². The first-order valence-electron chi connectivity index (χ1n) is 9.11. The highest BCUT2D eigenvalue weighted by Crippen LogP contribution is 2.24. The highest BCUT2D eigenvalue weighted by atomic mass is 35.5. The lowest BCUT2D eigenvalue weighted by atomic mass is 10.2. The minimum atomic E-state index is -0.103. The maximum Gasteiger partial charge on any atom is 0.255 e. The minimum Gasteiger partial charge on any atom is -0.345 e. The normalized spacial score (nSPS) is 10.9. The van der Waals surface area contributed by atoms with Crippen LogP contribution in [0.1, 0.15) is 35.0 Å². The molecule has 0 bridgehead atoms. The third kappa shape index (κ3) is 4.91. The highest BCUT2D eigenvalue weighted by molar-refractivity contribution is 6.36. The lowest BCUT2D eigenvalue weighted by Gasteiger charge is -2.24. The summed E-state index contributed by atoms with van der Waals surface area (Å²) in [6.07, 6.45) is 2.85. The van der Waals surface area contributed by atoms with Crippen LogP contribution in [0.25, 0.3) is 0 Å². The summed E-state index contributed by atoms with van der Waals surface area (Å²) < 4.78 is 2.11. The molecule has 2 aromatic carbocycles.